The molecule has 33 heavy (non-hydrogen) atoms. The molecule has 2 aromatic carbocycles. The maximum absolute atomic E-state index is 12.6. The second kappa shape index (κ2) is 10.2. The molecule has 0 saturated carbocycles. The van der Waals surface area contributed by atoms with Crippen molar-refractivity contribution in [3.8, 4) is 5.75 Å². The van der Waals surface area contributed by atoms with Crippen molar-refractivity contribution in [2.45, 2.75) is 13.8 Å². The molecule has 172 valence electrons. The number of carbonyl (C=O) groups is 2. The van der Waals surface area contributed by atoms with Crippen molar-refractivity contribution in [1.82, 2.24) is 9.80 Å². The van der Waals surface area contributed by atoms with Crippen LogP contribution in [0.2, 0.25) is 5.02 Å². The van der Waals surface area contributed by atoms with Crippen LogP contribution >= 0.6 is 11.6 Å². The lowest BCUT2D eigenvalue weighted by molar-refractivity contribution is -0.128. The van der Waals surface area contributed by atoms with Crippen molar-refractivity contribution >= 4 is 35.2 Å². The van der Waals surface area contributed by atoms with Crippen LogP contribution in [0.15, 0.2) is 54.1 Å². The largest absolute Gasteiger partial charge is 0.488 e. The highest BCUT2D eigenvalue weighted by molar-refractivity contribution is 6.30. The van der Waals surface area contributed by atoms with Gasteiger partial charge in [0.25, 0.3) is 0 Å². The minimum Gasteiger partial charge on any atom is -0.488 e. The van der Waals surface area contributed by atoms with E-state index in [1.807, 2.05) is 55.2 Å². The number of nitrogens with one attached hydrogen (secondary N) is 1. The second-order valence-electron chi connectivity index (χ2n) is 8.42. The Morgan fingerprint density at radius 2 is 1.91 bits per heavy atom. The zero-order chi connectivity index (χ0) is 23.4. The average Bonchev–Trinajstić information content (AvgIpc) is 2.80. The van der Waals surface area contributed by atoms with E-state index in [0.717, 1.165) is 33.7 Å². The molecule has 0 aromatic heterocycles. The Hall–Kier alpha value is -3.09. The number of amides is 2. The van der Waals surface area contributed by atoms with Crippen LogP contribution in [0.1, 0.15) is 16.7 Å². The summed E-state index contributed by atoms with van der Waals surface area (Å²) in [7, 11) is 0. The summed E-state index contributed by atoms with van der Waals surface area (Å²) >= 11 is 6.06. The third kappa shape index (κ3) is 5.83. The van der Waals surface area contributed by atoms with Crippen LogP contribution in [-0.4, -0.2) is 60.9 Å². The number of benzene rings is 2. The van der Waals surface area contributed by atoms with Crippen LogP contribution in [0.25, 0.3) is 6.08 Å². The lowest BCUT2D eigenvalue weighted by atomic mass is 10.1. The van der Waals surface area contributed by atoms with E-state index in [9.17, 15) is 9.59 Å². The van der Waals surface area contributed by atoms with Gasteiger partial charge in [0.15, 0.2) is 0 Å². The number of halogens is 1. The topological polar surface area (TPSA) is 61.9 Å². The first-order chi connectivity index (χ1) is 15.9. The molecule has 6 nitrogen and oxygen atoms in total. The standard InChI is InChI=1S/C26H28ClN3O3/c1-18-4-3-5-23(19(18)2)28-25(31)16-29-10-12-30(13-11-29)26(32)9-6-20-14-21-15-22(27)7-8-24(21)33-17-20/h3-9,14-15H,10-13,16-17H2,1-2H3,(H,28,31)/b9-6+. The van der Waals surface area contributed by atoms with E-state index in [1.165, 1.54) is 0 Å². The summed E-state index contributed by atoms with van der Waals surface area (Å²) in [5.74, 6) is 0.723. The molecule has 1 saturated heterocycles. The normalized spacial score (nSPS) is 16.2. The first-order valence-corrected chi connectivity index (χ1v) is 11.4. The fraction of sp³-hybridized carbons (Fsp3) is 0.308. The minimum atomic E-state index is -0.0349. The van der Waals surface area contributed by atoms with Crippen molar-refractivity contribution < 1.29 is 14.3 Å². The van der Waals surface area contributed by atoms with Gasteiger partial charge in [0.2, 0.25) is 11.8 Å². The molecule has 0 bridgehead atoms. The molecular weight excluding hydrogens is 438 g/mol. The molecule has 7 heteroatoms. The van der Waals surface area contributed by atoms with E-state index < -0.39 is 0 Å². The van der Waals surface area contributed by atoms with Crippen molar-refractivity contribution in [3.63, 3.8) is 0 Å². The molecular formula is C26H28ClN3O3. The Morgan fingerprint density at radius 3 is 2.70 bits per heavy atom. The Labute approximate surface area is 199 Å². The van der Waals surface area contributed by atoms with E-state index in [-0.39, 0.29) is 11.8 Å². The monoisotopic (exact) mass is 465 g/mol. The van der Waals surface area contributed by atoms with Crippen molar-refractivity contribution in [1.29, 1.82) is 0 Å². The van der Waals surface area contributed by atoms with E-state index in [0.29, 0.717) is 44.4 Å². The van der Waals surface area contributed by atoms with Gasteiger partial charge in [-0.3, -0.25) is 14.5 Å². The Kier molecular flexibility index (Phi) is 7.16. The Bertz CT molecular complexity index is 1120. The maximum Gasteiger partial charge on any atom is 0.246 e. The summed E-state index contributed by atoms with van der Waals surface area (Å²) in [5.41, 5.74) is 4.91. The first kappa shape index (κ1) is 23.1. The summed E-state index contributed by atoms with van der Waals surface area (Å²) in [6, 6.07) is 11.4. The van der Waals surface area contributed by atoms with Crippen molar-refractivity contribution in [3.05, 3.63) is 75.8 Å². The number of fused-ring (bicyclic) bond motifs is 1. The molecule has 0 spiro atoms. The number of rotatable bonds is 5. The highest BCUT2D eigenvalue weighted by Gasteiger charge is 2.21. The molecule has 2 heterocycles. The number of hydrogen-bond acceptors (Lipinski definition) is 4. The summed E-state index contributed by atoms with van der Waals surface area (Å²) in [4.78, 5) is 29.0. The predicted octanol–water partition coefficient (Wildman–Crippen LogP) is 4.07. The Morgan fingerprint density at radius 1 is 1.12 bits per heavy atom. The summed E-state index contributed by atoms with van der Waals surface area (Å²) in [6.07, 6.45) is 5.38. The van der Waals surface area contributed by atoms with Crippen molar-refractivity contribution in [2.75, 3.05) is 44.6 Å². The van der Waals surface area contributed by atoms with Crippen LogP contribution in [0.4, 0.5) is 5.69 Å². The second-order valence-corrected chi connectivity index (χ2v) is 8.86. The van der Waals surface area contributed by atoms with Gasteiger partial charge < -0.3 is 15.0 Å². The SMILES string of the molecule is Cc1cccc(NC(=O)CN2CCN(C(=O)/C=C/C3=Cc4cc(Cl)ccc4OC3)CC2)c1C. The number of carbonyl (C=O) groups excluding carboxylic acids is 2. The zero-order valence-corrected chi connectivity index (χ0v) is 19.7. The average molecular weight is 466 g/mol. The highest BCUT2D eigenvalue weighted by atomic mass is 35.5. The van der Waals surface area contributed by atoms with E-state index in [2.05, 4.69) is 10.2 Å². The van der Waals surface area contributed by atoms with Gasteiger partial charge in [-0.1, -0.05) is 29.8 Å². The molecule has 2 amide bonds. The lowest BCUT2D eigenvalue weighted by Gasteiger charge is -2.33. The Balaban J connectivity index is 1.26. The fourth-order valence-electron chi connectivity index (χ4n) is 3.95. The number of nitrogens with zero attached hydrogens (tertiary/aromatic N) is 2. The van der Waals surface area contributed by atoms with Crippen LogP contribution in [0, 0.1) is 13.8 Å². The third-order valence-electron chi connectivity index (χ3n) is 6.08. The molecule has 1 N–H and O–H groups in total. The number of anilines is 1. The van der Waals surface area contributed by atoms with Gasteiger partial charge >= 0.3 is 0 Å². The summed E-state index contributed by atoms with van der Waals surface area (Å²) < 4.78 is 5.73. The predicted molar refractivity (Wildman–Crippen MR) is 132 cm³/mol. The highest BCUT2D eigenvalue weighted by Crippen LogP contribution is 2.29. The fourth-order valence-corrected chi connectivity index (χ4v) is 4.13. The van der Waals surface area contributed by atoms with E-state index >= 15 is 0 Å². The minimum absolute atomic E-state index is 0.0343. The molecule has 4 rings (SSSR count). The molecule has 0 radical (unpaired) electrons. The molecule has 0 atom stereocenters. The lowest BCUT2D eigenvalue weighted by Crippen LogP contribution is -2.50. The van der Waals surface area contributed by atoms with E-state index in [4.69, 9.17) is 16.3 Å². The van der Waals surface area contributed by atoms with Gasteiger partial charge in [0.1, 0.15) is 12.4 Å². The number of hydrogen-bond donors (Lipinski definition) is 1. The molecule has 0 aliphatic carbocycles. The van der Waals surface area contributed by atoms with Crippen LogP contribution in [0.5, 0.6) is 5.75 Å². The summed E-state index contributed by atoms with van der Waals surface area (Å²) in [6.45, 7) is 7.28. The van der Waals surface area contributed by atoms with Crippen LogP contribution in [-0.2, 0) is 9.59 Å². The van der Waals surface area contributed by atoms with Gasteiger partial charge in [-0.05, 0) is 60.9 Å². The van der Waals surface area contributed by atoms with Gasteiger partial charge in [-0.2, -0.15) is 0 Å². The van der Waals surface area contributed by atoms with Gasteiger partial charge in [0.05, 0.1) is 6.54 Å². The number of ether oxygens (including phenoxy) is 1. The molecule has 1 fully saturated rings. The van der Waals surface area contributed by atoms with Gasteiger partial charge in [-0.15, -0.1) is 0 Å². The van der Waals surface area contributed by atoms with Gasteiger partial charge in [-0.25, -0.2) is 0 Å². The zero-order valence-electron chi connectivity index (χ0n) is 18.9. The molecule has 2 aliphatic heterocycles. The number of piperazine rings is 1. The quantitative estimate of drug-likeness (QED) is 0.676. The smallest absolute Gasteiger partial charge is 0.246 e. The number of aryl methyl sites for hydroxylation is 1. The molecule has 0 unspecified atom stereocenters. The van der Waals surface area contributed by atoms with Crippen molar-refractivity contribution in [2.24, 2.45) is 0 Å². The molecule has 2 aliphatic rings. The maximum atomic E-state index is 12.6. The molecule has 2 aromatic rings. The summed E-state index contributed by atoms with van der Waals surface area (Å²) in [5, 5.41) is 3.65. The third-order valence-corrected chi connectivity index (χ3v) is 6.31. The van der Waals surface area contributed by atoms with E-state index in [1.54, 1.807) is 18.2 Å². The van der Waals surface area contributed by atoms with Crippen LogP contribution in [0.3, 0.4) is 0 Å². The van der Waals surface area contributed by atoms with Crippen LogP contribution < -0.4 is 10.1 Å². The van der Waals surface area contributed by atoms with Gasteiger partial charge in [0, 0.05) is 48.5 Å². The first-order valence-electron chi connectivity index (χ1n) is 11.1.